The first-order valence-electron chi connectivity index (χ1n) is 11.0. The van der Waals surface area contributed by atoms with Crippen LogP contribution in [0.1, 0.15) is 28.8 Å². The Morgan fingerprint density at radius 3 is 2.90 bits per heavy atom. The van der Waals surface area contributed by atoms with Crippen molar-refractivity contribution < 1.29 is 9.53 Å². The summed E-state index contributed by atoms with van der Waals surface area (Å²) in [7, 11) is 3.62. The molecule has 1 unspecified atom stereocenters. The average molecular weight is 422 g/mol. The molecule has 3 heterocycles. The van der Waals surface area contributed by atoms with Crippen molar-refractivity contribution in [3.63, 3.8) is 0 Å². The zero-order valence-corrected chi connectivity index (χ0v) is 18.4. The van der Waals surface area contributed by atoms with E-state index in [0.717, 1.165) is 50.4 Å². The number of imidazole rings is 1. The van der Waals surface area contributed by atoms with Crippen LogP contribution in [0, 0.1) is 5.92 Å². The molecule has 1 amide bonds. The van der Waals surface area contributed by atoms with Crippen molar-refractivity contribution in [1.82, 2.24) is 24.3 Å². The molecule has 31 heavy (non-hydrogen) atoms. The third-order valence-corrected chi connectivity index (χ3v) is 5.99. The minimum atomic E-state index is 0.000948. The van der Waals surface area contributed by atoms with Crippen LogP contribution in [0.5, 0.6) is 0 Å². The van der Waals surface area contributed by atoms with E-state index < -0.39 is 0 Å². The first kappa shape index (κ1) is 21.5. The molecule has 164 valence electrons. The van der Waals surface area contributed by atoms with Crippen molar-refractivity contribution in [3.05, 3.63) is 60.0 Å². The maximum Gasteiger partial charge on any atom is 0.255 e. The monoisotopic (exact) mass is 421 g/mol. The number of carbonyl (C=O) groups is 1. The van der Waals surface area contributed by atoms with Crippen molar-refractivity contribution in [3.8, 4) is 0 Å². The first-order valence-corrected chi connectivity index (χ1v) is 11.0. The van der Waals surface area contributed by atoms with Crippen molar-refractivity contribution >= 4 is 17.1 Å². The highest BCUT2D eigenvalue weighted by Crippen LogP contribution is 2.19. The van der Waals surface area contributed by atoms with Crippen molar-refractivity contribution in [2.24, 2.45) is 5.92 Å². The van der Waals surface area contributed by atoms with E-state index in [0.29, 0.717) is 18.0 Å². The van der Waals surface area contributed by atoms with Crippen LogP contribution < -0.4 is 0 Å². The topological polar surface area (TPSA) is 63.5 Å². The molecular weight excluding hydrogens is 390 g/mol. The predicted octanol–water partition coefficient (Wildman–Crippen LogP) is 2.91. The average Bonchev–Trinajstić information content (AvgIpc) is 3.20. The fourth-order valence-corrected chi connectivity index (χ4v) is 4.38. The van der Waals surface area contributed by atoms with Crippen molar-refractivity contribution in [2.75, 3.05) is 46.9 Å². The van der Waals surface area contributed by atoms with Gasteiger partial charge >= 0.3 is 0 Å². The number of hydrogen-bond acceptors (Lipinski definition) is 5. The zero-order valence-electron chi connectivity index (χ0n) is 18.4. The minimum absolute atomic E-state index is 0.000948. The molecule has 0 aliphatic carbocycles. The van der Waals surface area contributed by atoms with Crippen LogP contribution in [-0.2, 0) is 11.3 Å². The number of ether oxygens (including phenoxy) is 1. The minimum Gasteiger partial charge on any atom is -0.383 e. The van der Waals surface area contributed by atoms with Gasteiger partial charge in [-0.3, -0.25) is 4.79 Å². The molecular formula is C24H31N5O2. The number of nitrogens with zero attached hydrogens (tertiary/aromatic N) is 5. The maximum absolute atomic E-state index is 13.0. The van der Waals surface area contributed by atoms with Gasteiger partial charge in [0.1, 0.15) is 5.52 Å². The van der Waals surface area contributed by atoms with E-state index in [9.17, 15) is 4.79 Å². The highest BCUT2D eigenvalue weighted by atomic mass is 16.5. The molecule has 1 aliphatic rings. The van der Waals surface area contributed by atoms with Gasteiger partial charge < -0.3 is 19.1 Å². The van der Waals surface area contributed by atoms with Gasteiger partial charge in [0.15, 0.2) is 5.65 Å². The van der Waals surface area contributed by atoms with Crippen LogP contribution in [0.25, 0.3) is 11.2 Å². The Labute approximate surface area is 183 Å². The molecule has 0 spiro atoms. The zero-order chi connectivity index (χ0) is 21.6. The lowest BCUT2D eigenvalue weighted by Gasteiger charge is -2.34. The number of carbonyl (C=O) groups excluding carboxylic acids is 1. The van der Waals surface area contributed by atoms with E-state index in [4.69, 9.17) is 4.74 Å². The Hall–Kier alpha value is -2.77. The summed E-state index contributed by atoms with van der Waals surface area (Å²) in [6.45, 7) is 5.30. The van der Waals surface area contributed by atoms with Gasteiger partial charge in [0.05, 0.1) is 25.0 Å². The number of fused-ring (bicyclic) bond motifs is 1. The molecule has 4 rings (SSSR count). The Bertz CT molecular complexity index is 1000. The third-order valence-electron chi connectivity index (χ3n) is 5.99. The first-order chi connectivity index (χ1) is 15.1. The van der Waals surface area contributed by atoms with Crippen LogP contribution in [0.4, 0.5) is 0 Å². The summed E-state index contributed by atoms with van der Waals surface area (Å²) in [5.74, 6) is 0.488. The van der Waals surface area contributed by atoms with Crippen LogP contribution in [0.2, 0.25) is 0 Å². The predicted molar refractivity (Wildman–Crippen MR) is 121 cm³/mol. The summed E-state index contributed by atoms with van der Waals surface area (Å²) >= 11 is 0. The van der Waals surface area contributed by atoms with Crippen LogP contribution in [0.15, 0.2) is 48.9 Å². The Morgan fingerprint density at radius 1 is 1.26 bits per heavy atom. The van der Waals surface area contributed by atoms with Crippen LogP contribution >= 0.6 is 0 Å². The Morgan fingerprint density at radius 2 is 2.10 bits per heavy atom. The molecule has 7 heteroatoms. The van der Waals surface area contributed by atoms with E-state index >= 15 is 0 Å². The van der Waals surface area contributed by atoms with Gasteiger partial charge in [-0.15, -0.1) is 0 Å². The van der Waals surface area contributed by atoms with Gasteiger partial charge in [0.2, 0.25) is 0 Å². The summed E-state index contributed by atoms with van der Waals surface area (Å²) in [6.07, 6.45) is 5.79. The lowest BCUT2D eigenvalue weighted by molar-refractivity contribution is 0.0702. The molecule has 3 aromatic rings. The molecule has 1 aliphatic heterocycles. The molecule has 1 aromatic carbocycles. The van der Waals surface area contributed by atoms with E-state index in [-0.39, 0.29) is 5.91 Å². The fraction of sp³-hybridized carbons (Fsp3) is 0.458. The second kappa shape index (κ2) is 10.0. The molecule has 0 bridgehead atoms. The molecule has 1 fully saturated rings. The largest absolute Gasteiger partial charge is 0.383 e. The lowest BCUT2D eigenvalue weighted by atomic mass is 9.97. The number of methoxy groups -OCH3 is 1. The molecule has 7 nitrogen and oxygen atoms in total. The van der Waals surface area contributed by atoms with E-state index in [2.05, 4.69) is 27.0 Å². The van der Waals surface area contributed by atoms with E-state index in [1.165, 1.54) is 12.0 Å². The smallest absolute Gasteiger partial charge is 0.255 e. The summed E-state index contributed by atoms with van der Waals surface area (Å²) in [5, 5.41) is 0. The third kappa shape index (κ3) is 5.29. The number of pyridine rings is 1. The lowest BCUT2D eigenvalue weighted by Crippen LogP contribution is -2.42. The van der Waals surface area contributed by atoms with E-state index in [1.54, 1.807) is 19.6 Å². The van der Waals surface area contributed by atoms with Gasteiger partial charge in [-0.1, -0.05) is 30.3 Å². The number of hydrogen-bond donors (Lipinski definition) is 0. The SMILES string of the molecule is COCCN1CCCC(CN(C)C(=O)c2cnc3c(c2)ncn3Cc2ccccc2)C1. The van der Waals surface area contributed by atoms with Gasteiger partial charge in [0.25, 0.3) is 5.91 Å². The number of aromatic nitrogens is 3. The molecule has 0 saturated carbocycles. The Balaban J connectivity index is 1.40. The molecule has 1 saturated heterocycles. The normalized spacial score (nSPS) is 17.2. The number of rotatable bonds is 8. The van der Waals surface area contributed by atoms with Gasteiger partial charge in [0, 0.05) is 40.0 Å². The summed E-state index contributed by atoms with van der Waals surface area (Å²) in [5.41, 5.74) is 3.32. The number of piperidine rings is 1. The Kier molecular flexibility index (Phi) is 6.94. The highest BCUT2D eigenvalue weighted by molar-refractivity contribution is 5.96. The summed E-state index contributed by atoms with van der Waals surface area (Å²) in [4.78, 5) is 26.3. The molecule has 1 atom stereocenters. The van der Waals surface area contributed by atoms with E-state index in [1.807, 2.05) is 40.8 Å². The van der Waals surface area contributed by atoms with Gasteiger partial charge in [-0.2, -0.15) is 0 Å². The maximum atomic E-state index is 13.0. The summed E-state index contributed by atoms with van der Waals surface area (Å²) in [6, 6.07) is 12.1. The second-order valence-electron chi connectivity index (χ2n) is 8.41. The highest BCUT2D eigenvalue weighted by Gasteiger charge is 2.23. The number of amides is 1. The van der Waals surface area contributed by atoms with Crippen LogP contribution in [-0.4, -0.2) is 77.2 Å². The van der Waals surface area contributed by atoms with Gasteiger partial charge in [-0.25, -0.2) is 9.97 Å². The molecule has 2 aromatic heterocycles. The second-order valence-corrected chi connectivity index (χ2v) is 8.41. The number of likely N-dealkylation sites (tertiary alicyclic amines) is 1. The van der Waals surface area contributed by atoms with Crippen molar-refractivity contribution in [2.45, 2.75) is 19.4 Å². The number of benzene rings is 1. The quantitative estimate of drug-likeness (QED) is 0.560. The summed E-state index contributed by atoms with van der Waals surface area (Å²) < 4.78 is 7.22. The molecule has 0 N–H and O–H groups in total. The standard InChI is InChI=1S/C24H31N5O2/c1-27(15-20-9-6-10-28(16-20)11-12-31-2)24(30)21-13-22-23(25-14-21)29(18-26-22)17-19-7-4-3-5-8-19/h3-5,7-8,13-14,18,20H,6,9-12,15-17H2,1-2H3. The van der Waals surface area contributed by atoms with Crippen LogP contribution in [0.3, 0.4) is 0 Å². The fourth-order valence-electron chi connectivity index (χ4n) is 4.38. The molecule has 0 radical (unpaired) electrons. The van der Waals surface area contributed by atoms with Gasteiger partial charge in [-0.05, 0) is 36.9 Å². The van der Waals surface area contributed by atoms with Crippen molar-refractivity contribution in [1.29, 1.82) is 0 Å².